The topological polar surface area (TPSA) is 72.3 Å². The Morgan fingerprint density at radius 1 is 1.50 bits per heavy atom. The zero-order valence-corrected chi connectivity index (χ0v) is 9.71. The second-order valence-electron chi connectivity index (χ2n) is 3.62. The fraction of sp³-hybridized carbons (Fsp3) is 0.400. The van der Waals surface area contributed by atoms with Gasteiger partial charge in [-0.15, -0.1) is 0 Å². The van der Waals surface area contributed by atoms with Crippen LogP contribution in [0.25, 0.3) is 0 Å². The maximum absolute atomic E-state index is 8.88. The van der Waals surface area contributed by atoms with Crippen LogP contribution in [-0.4, -0.2) is 11.7 Å². The van der Waals surface area contributed by atoms with E-state index in [9.17, 15) is 0 Å². The monoisotopic (exact) mass is 258 g/mol. The third-order valence-corrected chi connectivity index (χ3v) is 2.75. The number of aliphatic hydroxyl groups is 1. The lowest BCUT2D eigenvalue weighted by Gasteiger charge is -2.25. The van der Waals surface area contributed by atoms with Gasteiger partial charge in [-0.05, 0) is 31.0 Å². The third kappa shape index (κ3) is 2.47. The van der Waals surface area contributed by atoms with Crippen LogP contribution >= 0.6 is 15.9 Å². The van der Waals surface area contributed by atoms with Crippen LogP contribution in [0.15, 0.2) is 22.7 Å². The summed E-state index contributed by atoms with van der Waals surface area (Å²) in [5.41, 5.74) is 12.8. The number of hydrogen-bond acceptors (Lipinski definition) is 3. The van der Waals surface area contributed by atoms with Crippen molar-refractivity contribution in [1.29, 1.82) is 0 Å². The van der Waals surface area contributed by atoms with Gasteiger partial charge >= 0.3 is 0 Å². The number of benzene rings is 1. The van der Waals surface area contributed by atoms with E-state index in [1.54, 1.807) is 0 Å². The Hall–Kier alpha value is -0.580. The molecule has 78 valence electrons. The summed E-state index contributed by atoms with van der Waals surface area (Å²) >= 11 is 3.33. The molecule has 0 aliphatic rings. The molecular weight excluding hydrogens is 244 g/mol. The summed E-state index contributed by atoms with van der Waals surface area (Å²) < 4.78 is 0.929. The van der Waals surface area contributed by atoms with Crippen molar-refractivity contribution in [2.24, 2.45) is 5.73 Å². The molecule has 0 spiro atoms. The standard InChI is InChI=1S/C10H15BrN2O/c1-10(13,4-5-14)8-3-2-7(11)6-9(8)12/h2-3,6,14H,4-5,12-13H2,1H3/t10-/m0/s1. The minimum atomic E-state index is -0.570. The molecular formula is C10H15BrN2O. The summed E-state index contributed by atoms with van der Waals surface area (Å²) in [5, 5.41) is 8.88. The SMILES string of the molecule is C[C@](N)(CCO)c1ccc(Br)cc1N. The molecule has 1 aromatic carbocycles. The summed E-state index contributed by atoms with van der Waals surface area (Å²) in [6.45, 7) is 1.92. The molecule has 0 bridgehead atoms. The van der Waals surface area contributed by atoms with E-state index >= 15 is 0 Å². The van der Waals surface area contributed by atoms with Crippen molar-refractivity contribution in [3.8, 4) is 0 Å². The highest BCUT2D eigenvalue weighted by atomic mass is 79.9. The molecule has 0 amide bonds. The molecule has 0 aromatic heterocycles. The number of nitrogens with two attached hydrogens (primary N) is 2. The van der Waals surface area contributed by atoms with Gasteiger partial charge in [-0.2, -0.15) is 0 Å². The fourth-order valence-corrected chi connectivity index (χ4v) is 1.80. The molecule has 0 aliphatic heterocycles. The van der Waals surface area contributed by atoms with Crippen molar-refractivity contribution in [1.82, 2.24) is 0 Å². The first-order valence-electron chi connectivity index (χ1n) is 4.42. The predicted octanol–water partition coefficient (Wildman–Crippen LogP) is 1.59. The Morgan fingerprint density at radius 2 is 2.14 bits per heavy atom. The average molecular weight is 259 g/mol. The Balaban J connectivity index is 3.06. The van der Waals surface area contributed by atoms with E-state index in [-0.39, 0.29) is 6.61 Å². The van der Waals surface area contributed by atoms with Crippen LogP contribution in [-0.2, 0) is 5.54 Å². The molecule has 0 fully saturated rings. The summed E-state index contributed by atoms with van der Waals surface area (Å²) in [6, 6.07) is 5.60. The van der Waals surface area contributed by atoms with Crippen LogP contribution in [0.5, 0.6) is 0 Å². The van der Waals surface area contributed by atoms with Crippen molar-refractivity contribution in [3.05, 3.63) is 28.2 Å². The summed E-state index contributed by atoms with van der Waals surface area (Å²) in [4.78, 5) is 0. The van der Waals surface area contributed by atoms with Gasteiger partial charge in [0.15, 0.2) is 0 Å². The Kier molecular flexibility index (Phi) is 3.53. The molecule has 1 rings (SSSR count). The lowest BCUT2D eigenvalue weighted by atomic mass is 9.89. The lowest BCUT2D eigenvalue weighted by Crippen LogP contribution is -2.34. The number of rotatable bonds is 3. The second-order valence-corrected chi connectivity index (χ2v) is 4.54. The van der Waals surface area contributed by atoms with Crippen molar-refractivity contribution in [3.63, 3.8) is 0 Å². The number of aliphatic hydroxyl groups excluding tert-OH is 1. The quantitative estimate of drug-likeness (QED) is 0.722. The highest BCUT2D eigenvalue weighted by Gasteiger charge is 2.22. The normalized spacial score (nSPS) is 15.1. The maximum Gasteiger partial charge on any atom is 0.0451 e. The van der Waals surface area contributed by atoms with Crippen LogP contribution in [0, 0.1) is 0 Å². The first-order chi connectivity index (χ1) is 6.47. The minimum Gasteiger partial charge on any atom is -0.398 e. The minimum absolute atomic E-state index is 0.0580. The highest BCUT2D eigenvalue weighted by Crippen LogP contribution is 2.28. The molecule has 0 heterocycles. The van der Waals surface area contributed by atoms with Crippen molar-refractivity contribution in [2.45, 2.75) is 18.9 Å². The number of hydrogen-bond donors (Lipinski definition) is 3. The van der Waals surface area contributed by atoms with Gasteiger partial charge in [0.2, 0.25) is 0 Å². The van der Waals surface area contributed by atoms with Crippen LogP contribution < -0.4 is 11.5 Å². The molecule has 1 atom stereocenters. The zero-order chi connectivity index (χ0) is 10.8. The number of nitrogen functional groups attached to an aromatic ring is 1. The van der Waals surface area contributed by atoms with E-state index in [1.807, 2.05) is 25.1 Å². The zero-order valence-electron chi connectivity index (χ0n) is 8.13. The molecule has 0 saturated carbocycles. The van der Waals surface area contributed by atoms with Crippen molar-refractivity contribution >= 4 is 21.6 Å². The molecule has 14 heavy (non-hydrogen) atoms. The lowest BCUT2D eigenvalue weighted by molar-refractivity contribution is 0.247. The van der Waals surface area contributed by atoms with E-state index in [2.05, 4.69) is 15.9 Å². The van der Waals surface area contributed by atoms with Gasteiger partial charge in [-0.3, -0.25) is 0 Å². The van der Waals surface area contributed by atoms with Gasteiger partial charge < -0.3 is 16.6 Å². The molecule has 5 N–H and O–H groups in total. The van der Waals surface area contributed by atoms with Gasteiger partial charge in [-0.25, -0.2) is 0 Å². The van der Waals surface area contributed by atoms with Crippen molar-refractivity contribution < 1.29 is 5.11 Å². The Morgan fingerprint density at radius 3 is 2.64 bits per heavy atom. The van der Waals surface area contributed by atoms with Crippen LogP contribution in [0.1, 0.15) is 18.9 Å². The van der Waals surface area contributed by atoms with E-state index < -0.39 is 5.54 Å². The molecule has 0 saturated heterocycles. The third-order valence-electron chi connectivity index (χ3n) is 2.26. The maximum atomic E-state index is 8.88. The first-order valence-corrected chi connectivity index (χ1v) is 5.22. The van der Waals surface area contributed by atoms with E-state index in [1.165, 1.54) is 0 Å². The summed E-state index contributed by atoms with van der Waals surface area (Å²) in [6.07, 6.45) is 0.499. The predicted molar refractivity (Wildman–Crippen MR) is 61.8 cm³/mol. The Labute approximate surface area is 92.2 Å². The molecule has 3 nitrogen and oxygen atoms in total. The average Bonchev–Trinajstić information content (AvgIpc) is 2.02. The Bertz CT molecular complexity index is 326. The molecule has 0 unspecified atom stereocenters. The van der Waals surface area contributed by atoms with E-state index in [0.717, 1.165) is 10.0 Å². The van der Waals surface area contributed by atoms with E-state index in [4.69, 9.17) is 16.6 Å². The second kappa shape index (κ2) is 4.29. The van der Waals surface area contributed by atoms with Gasteiger partial charge in [-0.1, -0.05) is 22.0 Å². The number of anilines is 1. The largest absolute Gasteiger partial charge is 0.398 e. The smallest absolute Gasteiger partial charge is 0.0451 e. The number of halogens is 1. The van der Waals surface area contributed by atoms with Crippen molar-refractivity contribution in [2.75, 3.05) is 12.3 Å². The van der Waals surface area contributed by atoms with Crippen LogP contribution in [0.4, 0.5) is 5.69 Å². The first kappa shape index (κ1) is 11.5. The van der Waals surface area contributed by atoms with Gasteiger partial charge in [0.1, 0.15) is 0 Å². The summed E-state index contributed by atoms with van der Waals surface area (Å²) in [7, 11) is 0. The summed E-state index contributed by atoms with van der Waals surface area (Å²) in [5.74, 6) is 0. The van der Waals surface area contributed by atoms with Gasteiger partial charge in [0, 0.05) is 22.3 Å². The van der Waals surface area contributed by atoms with Gasteiger partial charge in [0.25, 0.3) is 0 Å². The van der Waals surface area contributed by atoms with Gasteiger partial charge in [0.05, 0.1) is 0 Å². The highest BCUT2D eigenvalue weighted by molar-refractivity contribution is 9.10. The molecule has 0 aliphatic carbocycles. The molecule has 0 radical (unpaired) electrons. The van der Waals surface area contributed by atoms with Crippen LogP contribution in [0.3, 0.4) is 0 Å². The fourth-order valence-electron chi connectivity index (χ4n) is 1.42. The molecule has 1 aromatic rings. The van der Waals surface area contributed by atoms with E-state index in [0.29, 0.717) is 12.1 Å². The molecule has 4 heteroatoms. The van der Waals surface area contributed by atoms with Crippen LogP contribution in [0.2, 0.25) is 0 Å².